The summed E-state index contributed by atoms with van der Waals surface area (Å²) >= 11 is 0. The van der Waals surface area contributed by atoms with Crippen molar-refractivity contribution in [3.8, 4) is 11.5 Å². The van der Waals surface area contributed by atoms with Crippen molar-refractivity contribution < 1.29 is 14.3 Å². The molecule has 1 amide bonds. The van der Waals surface area contributed by atoms with Crippen LogP contribution in [0.4, 0.5) is 11.4 Å². The molecule has 4 aromatic rings. The predicted molar refractivity (Wildman–Crippen MR) is 107 cm³/mol. The third-order valence-electron chi connectivity index (χ3n) is 5.22. The fourth-order valence-corrected chi connectivity index (χ4v) is 3.85. The molecule has 0 saturated heterocycles. The molecule has 0 aliphatic carbocycles. The Bertz CT molecular complexity index is 1230. The van der Waals surface area contributed by atoms with Gasteiger partial charge in [0.1, 0.15) is 11.3 Å². The van der Waals surface area contributed by atoms with Gasteiger partial charge in [-0.15, -0.1) is 0 Å². The molecule has 0 saturated carbocycles. The van der Waals surface area contributed by atoms with Crippen LogP contribution in [-0.2, 0) is 0 Å². The molecule has 1 atom stereocenters. The molecule has 0 spiro atoms. The molecular formula is C22H16N4O3. The fourth-order valence-electron chi connectivity index (χ4n) is 3.85. The number of hydrogen-bond donors (Lipinski definition) is 1. The maximum absolute atomic E-state index is 13.5. The van der Waals surface area contributed by atoms with Crippen LogP contribution in [0.1, 0.15) is 22.2 Å². The van der Waals surface area contributed by atoms with Gasteiger partial charge >= 0.3 is 0 Å². The van der Waals surface area contributed by atoms with Gasteiger partial charge in [0.15, 0.2) is 17.7 Å². The normalized spacial score (nSPS) is 17.3. The minimum atomic E-state index is -0.460. The number of para-hydroxylation sites is 1. The summed E-state index contributed by atoms with van der Waals surface area (Å²) in [4.78, 5) is 20.0. The van der Waals surface area contributed by atoms with E-state index in [0.717, 1.165) is 17.0 Å². The summed E-state index contributed by atoms with van der Waals surface area (Å²) in [5.74, 6) is 1.21. The van der Waals surface area contributed by atoms with Gasteiger partial charge in [-0.05, 0) is 36.4 Å². The average molecular weight is 384 g/mol. The first-order valence-corrected chi connectivity index (χ1v) is 9.30. The molecule has 6 rings (SSSR count). The zero-order valence-electron chi connectivity index (χ0n) is 15.3. The van der Waals surface area contributed by atoms with Crippen molar-refractivity contribution in [3.63, 3.8) is 0 Å². The van der Waals surface area contributed by atoms with Gasteiger partial charge in [0.05, 0.1) is 11.3 Å². The lowest BCUT2D eigenvalue weighted by Crippen LogP contribution is -2.43. The van der Waals surface area contributed by atoms with Gasteiger partial charge in [-0.3, -0.25) is 9.69 Å². The molecule has 2 aliphatic heterocycles. The summed E-state index contributed by atoms with van der Waals surface area (Å²) < 4.78 is 12.9. The van der Waals surface area contributed by atoms with Crippen LogP contribution in [0.5, 0.6) is 11.5 Å². The Hall–Kier alpha value is -4.00. The third-order valence-corrected chi connectivity index (χ3v) is 5.22. The molecule has 2 aromatic carbocycles. The maximum atomic E-state index is 13.5. The van der Waals surface area contributed by atoms with Crippen molar-refractivity contribution >= 4 is 22.9 Å². The summed E-state index contributed by atoms with van der Waals surface area (Å²) in [6.07, 6.45) is 3.42. The Morgan fingerprint density at radius 3 is 2.79 bits per heavy atom. The molecule has 7 nitrogen and oxygen atoms in total. The number of anilines is 2. The van der Waals surface area contributed by atoms with Crippen molar-refractivity contribution in [2.45, 2.75) is 6.17 Å². The largest absolute Gasteiger partial charge is 0.454 e. The molecule has 0 fully saturated rings. The highest BCUT2D eigenvalue weighted by molar-refractivity contribution is 6.12. The number of nitrogens with zero attached hydrogens (tertiary/aromatic N) is 3. The van der Waals surface area contributed by atoms with Gasteiger partial charge in [0.2, 0.25) is 6.79 Å². The number of carbonyl (C=O) groups is 1. The molecule has 0 bridgehead atoms. The molecule has 142 valence electrons. The molecule has 0 radical (unpaired) electrons. The Kier molecular flexibility index (Phi) is 3.31. The van der Waals surface area contributed by atoms with E-state index in [2.05, 4.69) is 5.32 Å². The van der Waals surface area contributed by atoms with E-state index in [4.69, 9.17) is 14.5 Å². The number of hydrogen-bond acceptors (Lipinski definition) is 5. The average Bonchev–Trinajstić information content (AvgIpc) is 3.40. The van der Waals surface area contributed by atoms with Crippen molar-refractivity contribution in [3.05, 3.63) is 84.3 Å². The van der Waals surface area contributed by atoms with Gasteiger partial charge in [-0.2, -0.15) is 0 Å². The lowest BCUT2D eigenvalue weighted by molar-refractivity contribution is 0.0974. The number of imidazole rings is 1. The highest BCUT2D eigenvalue weighted by Crippen LogP contribution is 2.41. The number of pyridine rings is 1. The van der Waals surface area contributed by atoms with Crippen LogP contribution in [0.25, 0.3) is 5.65 Å². The number of carbonyl (C=O) groups excluding carboxylic acids is 1. The second kappa shape index (κ2) is 6.00. The molecule has 1 N–H and O–H groups in total. The third kappa shape index (κ3) is 2.44. The van der Waals surface area contributed by atoms with Crippen LogP contribution < -0.4 is 19.7 Å². The van der Waals surface area contributed by atoms with E-state index in [1.165, 1.54) is 0 Å². The second-order valence-electron chi connectivity index (χ2n) is 6.94. The topological polar surface area (TPSA) is 68.1 Å². The number of benzene rings is 2. The van der Waals surface area contributed by atoms with Gasteiger partial charge in [-0.25, -0.2) is 4.98 Å². The Morgan fingerprint density at radius 2 is 1.86 bits per heavy atom. The molecule has 0 unspecified atom stereocenters. The highest BCUT2D eigenvalue weighted by atomic mass is 16.7. The van der Waals surface area contributed by atoms with E-state index in [0.29, 0.717) is 22.7 Å². The minimum Gasteiger partial charge on any atom is -0.454 e. The maximum Gasteiger partial charge on any atom is 0.262 e. The van der Waals surface area contributed by atoms with E-state index < -0.39 is 6.17 Å². The number of nitrogens with one attached hydrogen (secondary N) is 1. The number of ether oxygens (including phenoxy) is 2. The van der Waals surface area contributed by atoms with Crippen LogP contribution in [0.3, 0.4) is 0 Å². The molecule has 4 heterocycles. The molecule has 29 heavy (non-hydrogen) atoms. The smallest absolute Gasteiger partial charge is 0.262 e. The quantitative estimate of drug-likeness (QED) is 0.569. The van der Waals surface area contributed by atoms with E-state index in [1.54, 1.807) is 4.90 Å². The first-order valence-electron chi connectivity index (χ1n) is 9.30. The lowest BCUT2D eigenvalue weighted by Gasteiger charge is -2.37. The zero-order valence-corrected chi connectivity index (χ0v) is 15.3. The van der Waals surface area contributed by atoms with Gasteiger partial charge in [0.25, 0.3) is 5.91 Å². The minimum absolute atomic E-state index is 0.0970. The van der Waals surface area contributed by atoms with Crippen LogP contribution in [0.15, 0.2) is 73.1 Å². The van der Waals surface area contributed by atoms with Gasteiger partial charge in [0, 0.05) is 24.1 Å². The highest BCUT2D eigenvalue weighted by Gasteiger charge is 2.36. The van der Waals surface area contributed by atoms with Crippen LogP contribution >= 0.6 is 0 Å². The SMILES string of the molecule is O=C1c2ccccc2N[C@H](c2cn3ccccc3n2)N1c1ccc2c(c1)OCO2. The summed E-state index contributed by atoms with van der Waals surface area (Å²) in [5.41, 5.74) is 3.68. The number of rotatable bonds is 2. The summed E-state index contributed by atoms with van der Waals surface area (Å²) in [5, 5.41) is 3.48. The standard InChI is InChI=1S/C22H16N4O3/c27-22-15-5-1-2-6-16(15)24-21(17-12-25-10-4-3-7-20(25)23-17)26(22)14-8-9-18-19(11-14)29-13-28-18/h1-12,21,24H,13H2/t21-/m0/s1. The Balaban J connectivity index is 1.52. The molecule has 2 aliphatic rings. The van der Waals surface area contributed by atoms with Crippen molar-refractivity contribution in [2.75, 3.05) is 17.0 Å². The first-order chi connectivity index (χ1) is 14.3. The van der Waals surface area contributed by atoms with Crippen LogP contribution in [-0.4, -0.2) is 22.1 Å². The zero-order chi connectivity index (χ0) is 19.4. The summed E-state index contributed by atoms with van der Waals surface area (Å²) in [7, 11) is 0. The van der Waals surface area contributed by atoms with Crippen LogP contribution in [0.2, 0.25) is 0 Å². The number of amides is 1. The molecular weight excluding hydrogens is 368 g/mol. The van der Waals surface area contributed by atoms with E-state index in [-0.39, 0.29) is 12.7 Å². The Morgan fingerprint density at radius 1 is 1.00 bits per heavy atom. The van der Waals surface area contributed by atoms with Crippen molar-refractivity contribution in [2.24, 2.45) is 0 Å². The number of aromatic nitrogens is 2. The van der Waals surface area contributed by atoms with Crippen LogP contribution in [0, 0.1) is 0 Å². The fraction of sp³-hybridized carbons (Fsp3) is 0.0909. The lowest BCUT2D eigenvalue weighted by atomic mass is 10.1. The van der Waals surface area contributed by atoms with Crippen molar-refractivity contribution in [1.82, 2.24) is 9.38 Å². The second-order valence-corrected chi connectivity index (χ2v) is 6.94. The predicted octanol–water partition coefficient (Wildman–Crippen LogP) is 3.83. The van der Waals surface area contributed by atoms with E-state index in [1.807, 2.05) is 77.5 Å². The summed E-state index contributed by atoms with van der Waals surface area (Å²) in [6.45, 7) is 0.184. The monoisotopic (exact) mass is 384 g/mol. The first kappa shape index (κ1) is 16.0. The van der Waals surface area contributed by atoms with E-state index >= 15 is 0 Å². The van der Waals surface area contributed by atoms with Crippen molar-refractivity contribution in [1.29, 1.82) is 0 Å². The van der Waals surface area contributed by atoms with E-state index in [9.17, 15) is 4.79 Å². The van der Waals surface area contributed by atoms with Gasteiger partial charge < -0.3 is 19.2 Å². The number of fused-ring (bicyclic) bond motifs is 3. The molecule has 7 heteroatoms. The molecule has 2 aromatic heterocycles. The summed E-state index contributed by atoms with van der Waals surface area (Å²) in [6, 6.07) is 18.9. The van der Waals surface area contributed by atoms with Gasteiger partial charge in [-0.1, -0.05) is 18.2 Å². The Labute approximate surface area is 166 Å².